The summed E-state index contributed by atoms with van der Waals surface area (Å²) in [6.45, 7) is 3.06. The number of carbonyl (C=O) groups excluding carboxylic acids is 2. The van der Waals surface area contributed by atoms with Gasteiger partial charge in [-0.1, -0.05) is 6.07 Å². The highest BCUT2D eigenvalue weighted by atomic mass is 19.4. The molecule has 270 valence electrons. The molecule has 0 aromatic heterocycles. The summed E-state index contributed by atoms with van der Waals surface area (Å²) >= 11 is 0. The summed E-state index contributed by atoms with van der Waals surface area (Å²) < 4.78 is 118. The third-order valence-electron chi connectivity index (χ3n) is 10.0. The van der Waals surface area contributed by atoms with Crippen molar-refractivity contribution >= 4 is 11.9 Å². The number of esters is 1. The summed E-state index contributed by atoms with van der Waals surface area (Å²) in [7, 11) is 3.09. The van der Waals surface area contributed by atoms with E-state index in [1.807, 2.05) is 11.0 Å². The number of nitrogens with one attached hydrogen (secondary N) is 1. The second-order valence-corrected chi connectivity index (χ2v) is 12.7. The van der Waals surface area contributed by atoms with Crippen LogP contribution >= 0.6 is 0 Å². The first-order valence-electron chi connectivity index (χ1n) is 15.3. The molecule has 6 rings (SSSR count). The number of hydrogen-bond donors (Lipinski definition) is 2. The molecule has 4 aliphatic heterocycles. The van der Waals surface area contributed by atoms with Crippen molar-refractivity contribution in [3.63, 3.8) is 0 Å². The number of hydrogen-bond acceptors (Lipinski definition) is 10. The minimum Gasteiger partial charge on any atom is -0.504 e. The number of rotatable bonds is 6. The van der Waals surface area contributed by atoms with Crippen molar-refractivity contribution in [1.29, 1.82) is 5.26 Å². The lowest BCUT2D eigenvalue weighted by Gasteiger charge is -2.60. The Kier molecular flexibility index (Phi) is 8.33. The lowest BCUT2D eigenvalue weighted by atomic mass is 9.71. The van der Waals surface area contributed by atoms with Gasteiger partial charge in [-0.3, -0.25) is 19.4 Å². The zero-order valence-corrected chi connectivity index (χ0v) is 27.2. The normalized spacial score (nSPS) is 24.4. The van der Waals surface area contributed by atoms with Crippen molar-refractivity contribution in [1.82, 2.24) is 15.1 Å². The number of amides is 1. The minimum absolute atomic E-state index is 0.0123. The monoisotopic (exact) mass is 716 g/mol. The van der Waals surface area contributed by atoms with Crippen LogP contribution in [-0.4, -0.2) is 90.4 Å². The number of nitrogens with zero attached hydrogens (tertiary/aromatic N) is 3. The maximum absolute atomic E-state index is 14.6. The fraction of sp³-hybridized carbons (Fsp3) is 0.531. The second-order valence-electron chi connectivity index (χ2n) is 12.7. The number of alkyl halides is 7. The summed E-state index contributed by atoms with van der Waals surface area (Å²) in [5.74, 6) is -16.5. The lowest BCUT2D eigenvalue weighted by molar-refractivity contribution is -0.344. The van der Waals surface area contributed by atoms with Gasteiger partial charge in [0.25, 0.3) is 5.91 Å². The molecule has 5 atom stereocenters. The van der Waals surface area contributed by atoms with Crippen LogP contribution in [0.25, 0.3) is 0 Å². The van der Waals surface area contributed by atoms with Gasteiger partial charge >= 0.3 is 24.0 Å². The van der Waals surface area contributed by atoms with Crippen molar-refractivity contribution in [3.05, 3.63) is 39.4 Å². The highest BCUT2D eigenvalue weighted by Crippen LogP contribution is 2.58. The molecule has 4 aliphatic rings. The number of benzene rings is 2. The van der Waals surface area contributed by atoms with Gasteiger partial charge in [0, 0.05) is 47.8 Å². The SMILES string of the molecule is COc1c(C)cc2c(c1O)[C@@H]1C3Cc4c(OC(C)=O)c(C)c5c(c4[C@H](CNC(=O)C(F)(F)C(F)(F)C(F)(F)F)N3C(C#N)[C@@H](C2)N1C)OCO5. The fourth-order valence-electron chi connectivity index (χ4n) is 7.93. The number of piperazine rings is 1. The molecule has 2 aromatic rings. The molecule has 1 fully saturated rings. The average molecular weight is 717 g/mol. The lowest BCUT2D eigenvalue weighted by Crippen LogP contribution is -2.69. The van der Waals surface area contributed by atoms with E-state index in [1.54, 1.807) is 31.1 Å². The van der Waals surface area contributed by atoms with Crippen molar-refractivity contribution in [2.24, 2.45) is 0 Å². The largest absolute Gasteiger partial charge is 0.504 e. The molecular weight excluding hydrogens is 685 g/mol. The zero-order valence-electron chi connectivity index (χ0n) is 27.2. The Labute approximate surface area is 280 Å². The number of ether oxygens (including phenoxy) is 4. The van der Waals surface area contributed by atoms with Gasteiger partial charge in [-0.25, -0.2) is 0 Å². The van der Waals surface area contributed by atoms with Crippen LogP contribution in [0, 0.1) is 25.2 Å². The van der Waals surface area contributed by atoms with E-state index in [0.29, 0.717) is 22.3 Å². The van der Waals surface area contributed by atoms with Crippen LogP contribution < -0.4 is 24.3 Å². The Morgan fingerprint density at radius 2 is 1.72 bits per heavy atom. The molecule has 11 nitrogen and oxygen atoms in total. The highest BCUT2D eigenvalue weighted by molar-refractivity contribution is 5.85. The van der Waals surface area contributed by atoms with Crippen LogP contribution in [0.15, 0.2) is 6.07 Å². The minimum atomic E-state index is -6.76. The third-order valence-corrected chi connectivity index (χ3v) is 10.0. The molecule has 0 spiro atoms. The first-order valence-corrected chi connectivity index (χ1v) is 15.3. The summed E-state index contributed by atoms with van der Waals surface area (Å²) in [4.78, 5) is 28.3. The Balaban J connectivity index is 1.56. The van der Waals surface area contributed by atoms with Crippen molar-refractivity contribution in [3.8, 4) is 34.8 Å². The maximum Gasteiger partial charge on any atom is 0.460 e. The Morgan fingerprint density at radius 3 is 2.32 bits per heavy atom. The molecule has 4 heterocycles. The summed E-state index contributed by atoms with van der Waals surface area (Å²) in [6.07, 6.45) is -6.58. The molecule has 2 N–H and O–H groups in total. The molecule has 18 heteroatoms. The van der Waals surface area contributed by atoms with E-state index in [9.17, 15) is 50.7 Å². The van der Waals surface area contributed by atoms with Crippen LogP contribution in [0.1, 0.15) is 52.4 Å². The van der Waals surface area contributed by atoms with Gasteiger partial charge in [0.15, 0.2) is 23.0 Å². The number of methoxy groups -OCH3 is 1. The molecule has 2 aromatic carbocycles. The van der Waals surface area contributed by atoms with Crippen LogP contribution in [0.2, 0.25) is 0 Å². The molecule has 0 radical (unpaired) electrons. The molecule has 2 bridgehead atoms. The van der Waals surface area contributed by atoms with Crippen LogP contribution in [-0.2, 0) is 22.4 Å². The summed E-state index contributed by atoms with van der Waals surface area (Å²) in [5.41, 5.74) is 2.39. The number of halogens is 7. The standard InChI is InChI=1S/C32H31F7N4O7/c1-12-6-15-7-17-19(9-40)43-18(23(42(17)4)21(15)24(45)25(12)47-5)8-16-22(28-27(48-11-49-28)13(2)26(16)50-14(3)44)20(43)10-41-29(46)30(33,34)31(35,36)32(37,38)39/h6,17-20,23,45H,7-8,10-11H2,1-5H3,(H,41,46)/t17-,18?,19?,20+,23+/m1/s1. The Bertz CT molecular complexity index is 1830. The van der Waals surface area contributed by atoms with Gasteiger partial charge in [-0.05, 0) is 44.9 Å². The maximum atomic E-state index is 14.6. The van der Waals surface area contributed by atoms with Crippen molar-refractivity contribution in [2.45, 2.75) is 81.8 Å². The number of fused-ring (bicyclic) bond motifs is 9. The van der Waals surface area contributed by atoms with Gasteiger partial charge in [0.2, 0.25) is 6.79 Å². The van der Waals surface area contributed by atoms with Gasteiger partial charge in [0.1, 0.15) is 11.8 Å². The van der Waals surface area contributed by atoms with Crippen LogP contribution in [0.3, 0.4) is 0 Å². The number of aromatic hydroxyl groups is 1. The van der Waals surface area contributed by atoms with Crippen molar-refractivity contribution in [2.75, 3.05) is 27.5 Å². The quantitative estimate of drug-likeness (QED) is 0.252. The molecule has 50 heavy (non-hydrogen) atoms. The fourth-order valence-corrected chi connectivity index (χ4v) is 7.93. The first-order chi connectivity index (χ1) is 23.3. The van der Waals surface area contributed by atoms with E-state index in [4.69, 9.17) is 18.9 Å². The van der Waals surface area contributed by atoms with E-state index in [2.05, 4.69) is 6.07 Å². The second kappa shape index (κ2) is 11.8. The zero-order chi connectivity index (χ0) is 36.8. The predicted octanol–water partition coefficient (Wildman–Crippen LogP) is 4.39. The average Bonchev–Trinajstić information content (AvgIpc) is 3.52. The van der Waals surface area contributed by atoms with Crippen LogP contribution in [0.5, 0.6) is 28.7 Å². The predicted molar refractivity (Wildman–Crippen MR) is 156 cm³/mol. The number of phenols is 1. The van der Waals surface area contributed by atoms with Gasteiger partial charge < -0.3 is 29.4 Å². The van der Waals surface area contributed by atoms with Gasteiger partial charge in [-0.2, -0.15) is 36.0 Å². The smallest absolute Gasteiger partial charge is 0.460 e. The van der Waals surface area contributed by atoms with E-state index < -0.39 is 66.7 Å². The van der Waals surface area contributed by atoms with Crippen molar-refractivity contribution < 1.29 is 64.4 Å². The number of likely N-dealkylation sites (N-methyl/N-ethyl adjacent to an activating group) is 1. The third kappa shape index (κ3) is 4.91. The number of nitriles is 1. The summed E-state index contributed by atoms with van der Waals surface area (Å²) in [6, 6.07) is -0.723. The van der Waals surface area contributed by atoms with Crippen LogP contribution in [0.4, 0.5) is 30.7 Å². The van der Waals surface area contributed by atoms with Gasteiger partial charge in [0.05, 0.1) is 25.3 Å². The van der Waals surface area contributed by atoms with E-state index in [-0.39, 0.29) is 59.5 Å². The van der Waals surface area contributed by atoms with E-state index in [1.165, 1.54) is 7.11 Å². The molecular formula is C32H31F7N4O7. The molecule has 2 unspecified atom stereocenters. The van der Waals surface area contributed by atoms with E-state index in [0.717, 1.165) is 6.92 Å². The first kappa shape index (κ1) is 35.3. The Morgan fingerprint density at radius 1 is 1.06 bits per heavy atom. The Hall–Kier alpha value is -4.50. The molecule has 1 amide bonds. The molecule has 0 saturated carbocycles. The number of phenolic OH excluding ortho intramolecular Hbond substituents is 1. The molecule has 0 aliphatic carbocycles. The topological polar surface area (TPSA) is 134 Å². The van der Waals surface area contributed by atoms with E-state index >= 15 is 0 Å². The highest BCUT2D eigenvalue weighted by Gasteiger charge is 2.76. The summed E-state index contributed by atoms with van der Waals surface area (Å²) in [5, 5.41) is 23.7. The number of carbonyl (C=O) groups is 2. The molecule has 1 saturated heterocycles. The number of aryl methyl sites for hydroxylation is 1. The van der Waals surface area contributed by atoms with Gasteiger partial charge in [-0.15, -0.1) is 0 Å².